The van der Waals surface area contributed by atoms with Crippen LogP contribution >= 0.6 is 0 Å². The van der Waals surface area contributed by atoms with Crippen molar-refractivity contribution < 1.29 is 34.3 Å². The van der Waals surface area contributed by atoms with Crippen molar-refractivity contribution in [3.8, 4) is 0 Å². The zero-order chi connectivity index (χ0) is 26.0. The summed E-state index contributed by atoms with van der Waals surface area (Å²) >= 11 is 0. The van der Waals surface area contributed by atoms with E-state index in [9.17, 15) is 25.9 Å². The van der Waals surface area contributed by atoms with Gasteiger partial charge in [0.15, 0.2) is 0 Å². The first-order valence-corrected chi connectivity index (χ1v) is 16.0. The number of rotatable bonds is 24. The van der Waals surface area contributed by atoms with Crippen molar-refractivity contribution in [2.45, 2.75) is 142 Å². The van der Waals surface area contributed by atoms with E-state index in [0.29, 0.717) is 12.8 Å². The molecule has 0 spiro atoms. The van der Waals surface area contributed by atoms with Gasteiger partial charge < -0.3 is 9.11 Å². The van der Waals surface area contributed by atoms with Crippen LogP contribution in [0.25, 0.3) is 0 Å². The maximum atomic E-state index is 10.1. The molecular weight excluding hydrogens is 520 g/mol. The second-order valence-corrected chi connectivity index (χ2v) is 10.9. The van der Waals surface area contributed by atoms with Gasteiger partial charge in [-0.2, -0.15) is 0 Å². The Morgan fingerprint density at radius 3 is 0.829 bits per heavy atom. The Morgan fingerprint density at radius 2 is 0.629 bits per heavy atom. The maximum absolute atomic E-state index is 10.1. The van der Waals surface area contributed by atoms with Crippen LogP contribution in [0.5, 0.6) is 0 Å². The molecule has 0 atom stereocenters. The number of hydrogen-bond acceptors (Lipinski definition) is 8. The van der Waals surface area contributed by atoms with Gasteiger partial charge in [0.25, 0.3) is 0 Å². The molecule has 0 radical (unpaired) electrons. The fourth-order valence-corrected chi connectivity index (χ4v) is 4.14. The molecule has 0 aliphatic rings. The zero-order valence-corrected chi connectivity index (χ0v) is 26.2. The Bertz CT molecular complexity index is 559. The van der Waals surface area contributed by atoms with Crippen molar-refractivity contribution in [2.75, 3.05) is 13.2 Å². The van der Waals surface area contributed by atoms with Crippen LogP contribution in [0, 0.1) is 0 Å². The van der Waals surface area contributed by atoms with Crippen LogP contribution in [-0.4, -0.2) is 76.9 Å². The molecule has 0 bridgehead atoms. The van der Waals surface area contributed by atoms with E-state index in [1.165, 1.54) is 89.9 Å². The van der Waals surface area contributed by atoms with Crippen LogP contribution in [0.4, 0.5) is 0 Å². The van der Waals surface area contributed by atoms with Gasteiger partial charge in [-0.25, -0.2) is 16.8 Å². The summed E-state index contributed by atoms with van der Waals surface area (Å²) in [4.78, 5) is 0. The molecule has 0 aliphatic heterocycles. The smallest absolute Gasteiger partial charge is 0.726 e. The van der Waals surface area contributed by atoms with E-state index in [1.54, 1.807) is 0 Å². The molecule has 0 aromatic carbocycles. The van der Waals surface area contributed by atoms with Crippen LogP contribution in [0.3, 0.4) is 0 Å². The van der Waals surface area contributed by atoms with E-state index in [0.717, 1.165) is 25.7 Å². The fourth-order valence-electron chi connectivity index (χ4n) is 3.50. The Kier molecular flexibility index (Phi) is 34.2. The molecule has 0 saturated heterocycles. The van der Waals surface area contributed by atoms with E-state index in [1.807, 2.05) is 0 Å². The zero-order valence-electron chi connectivity index (χ0n) is 22.3. The van der Waals surface area contributed by atoms with E-state index in [4.69, 9.17) is 0 Å². The standard InChI is InChI=1S/2C12H26O4S.Ca/c2*1-2-3-4-5-6-7-8-9-10-11-12-16-17(13,14)15;/h2*2-12H2,1H3,(H,13,14,15);/q;;+2/p-2. The third-order valence-electron chi connectivity index (χ3n) is 5.45. The van der Waals surface area contributed by atoms with Gasteiger partial charge in [-0.05, 0) is 12.8 Å². The van der Waals surface area contributed by atoms with Crippen molar-refractivity contribution >= 4 is 58.5 Å². The summed E-state index contributed by atoms with van der Waals surface area (Å²) < 4.78 is 68.9. The average Bonchev–Trinajstić information content (AvgIpc) is 2.75. The molecule has 0 rings (SSSR count). The molecule has 0 aromatic heterocycles. The van der Waals surface area contributed by atoms with Crippen LogP contribution < -0.4 is 0 Å². The minimum absolute atomic E-state index is 0. The summed E-state index contributed by atoms with van der Waals surface area (Å²) in [6, 6.07) is 0. The third-order valence-corrected chi connectivity index (χ3v) is 6.36. The normalized spacial score (nSPS) is 11.5. The van der Waals surface area contributed by atoms with Gasteiger partial charge in [0.05, 0.1) is 13.2 Å². The van der Waals surface area contributed by atoms with Crippen LogP contribution in [0.15, 0.2) is 0 Å². The minimum atomic E-state index is -4.48. The van der Waals surface area contributed by atoms with Gasteiger partial charge >= 0.3 is 37.7 Å². The Labute approximate surface area is 246 Å². The predicted molar refractivity (Wildman–Crippen MR) is 141 cm³/mol. The van der Waals surface area contributed by atoms with Crippen molar-refractivity contribution in [2.24, 2.45) is 0 Å². The summed E-state index contributed by atoms with van der Waals surface area (Å²) in [5.74, 6) is 0. The van der Waals surface area contributed by atoms with Crippen molar-refractivity contribution in [3.05, 3.63) is 0 Å². The van der Waals surface area contributed by atoms with Crippen molar-refractivity contribution in [1.82, 2.24) is 0 Å². The van der Waals surface area contributed by atoms with E-state index in [2.05, 4.69) is 22.2 Å². The first-order valence-electron chi connectivity index (χ1n) is 13.3. The third kappa shape index (κ3) is 45.3. The second kappa shape index (κ2) is 29.6. The van der Waals surface area contributed by atoms with Gasteiger partial charge in [0.2, 0.25) is 20.8 Å². The van der Waals surface area contributed by atoms with E-state index in [-0.39, 0.29) is 51.0 Å². The summed E-state index contributed by atoms with van der Waals surface area (Å²) in [5.41, 5.74) is 0. The molecule has 0 fully saturated rings. The minimum Gasteiger partial charge on any atom is -0.726 e. The quantitative estimate of drug-likeness (QED) is 0.0564. The molecule has 8 nitrogen and oxygen atoms in total. The Hall–Kier alpha value is 1.000. The molecule has 11 heteroatoms. The first-order chi connectivity index (χ1) is 16.1. The second-order valence-electron chi connectivity index (χ2n) is 8.82. The Balaban J connectivity index is -0.000000569. The van der Waals surface area contributed by atoms with Gasteiger partial charge in [-0.3, -0.25) is 8.37 Å². The van der Waals surface area contributed by atoms with Crippen molar-refractivity contribution in [1.29, 1.82) is 0 Å². The van der Waals surface area contributed by atoms with Gasteiger partial charge in [-0.15, -0.1) is 0 Å². The maximum Gasteiger partial charge on any atom is 2.00 e. The molecule has 0 unspecified atom stereocenters. The SMILES string of the molecule is CCCCCCCCCCCCOS(=O)(=O)[O-].CCCCCCCCCCCCOS(=O)(=O)[O-].[Ca+2]. The summed E-state index contributed by atoms with van der Waals surface area (Å²) in [5, 5.41) is 0. The van der Waals surface area contributed by atoms with Gasteiger partial charge in [0, 0.05) is 0 Å². The molecule has 0 aromatic rings. The van der Waals surface area contributed by atoms with E-state index >= 15 is 0 Å². The molecular formula is C24H50CaO8S2. The fraction of sp³-hybridized carbons (Fsp3) is 1.00. The predicted octanol–water partition coefficient (Wildman–Crippen LogP) is 6.39. The molecule has 0 saturated carbocycles. The summed E-state index contributed by atoms with van der Waals surface area (Å²) in [6.45, 7) is 4.49. The topological polar surface area (TPSA) is 133 Å². The first kappa shape index (κ1) is 40.5. The van der Waals surface area contributed by atoms with Crippen LogP contribution in [0.2, 0.25) is 0 Å². The van der Waals surface area contributed by atoms with E-state index < -0.39 is 20.8 Å². The van der Waals surface area contributed by atoms with Crippen molar-refractivity contribution in [3.63, 3.8) is 0 Å². The molecule has 208 valence electrons. The molecule has 0 aliphatic carbocycles. The van der Waals surface area contributed by atoms with Gasteiger partial charge in [0.1, 0.15) is 0 Å². The molecule has 0 N–H and O–H groups in total. The molecule has 0 amide bonds. The summed E-state index contributed by atoms with van der Waals surface area (Å²) in [6.07, 6.45) is 23.4. The van der Waals surface area contributed by atoms with Crippen LogP contribution in [-0.2, 0) is 29.2 Å². The monoisotopic (exact) mass is 570 g/mol. The average molecular weight is 571 g/mol. The largest absolute Gasteiger partial charge is 2.00 e. The summed E-state index contributed by atoms with van der Waals surface area (Å²) in [7, 11) is -8.97. The molecule has 0 heterocycles. The van der Waals surface area contributed by atoms with Gasteiger partial charge in [-0.1, -0.05) is 129 Å². The van der Waals surface area contributed by atoms with Crippen LogP contribution in [0.1, 0.15) is 142 Å². The number of hydrogen-bond donors (Lipinski definition) is 0. The molecule has 35 heavy (non-hydrogen) atoms. The Morgan fingerprint density at radius 1 is 0.429 bits per heavy atom. The number of unbranched alkanes of at least 4 members (excludes halogenated alkanes) is 18.